The van der Waals surface area contributed by atoms with Gasteiger partial charge in [0.1, 0.15) is 6.61 Å². The summed E-state index contributed by atoms with van der Waals surface area (Å²) in [5.74, 6) is -0.947. The lowest BCUT2D eigenvalue weighted by Crippen LogP contribution is -2.16. The zero-order valence-electron chi connectivity index (χ0n) is 6.42. The number of hydrogen-bond donors (Lipinski definition) is 0. The standard InChI is InChI=1S/C5H8F4O3S/c6-4(7)1-2-13(10,11)12-3-5(8)9/h4-5H,1-3H2. The van der Waals surface area contributed by atoms with Crippen LogP contribution in [0.2, 0.25) is 0 Å². The molecule has 0 spiro atoms. The number of alkyl halides is 4. The van der Waals surface area contributed by atoms with E-state index in [1.807, 2.05) is 0 Å². The zero-order valence-corrected chi connectivity index (χ0v) is 7.24. The number of rotatable bonds is 6. The van der Waals surface area contributed by atoms with Crippen molar-refractivity contribution in [3.05, 3.63) is 0 Å². The molecule has 0 atom stereocenters. The predicted octanol–water partition coefficient (Wildman–Crippen LogP) is 1.25. The summed E-state index contributed by atoms with van der Waals surface area (Å²) in [6, 6.07) is 0. The minimum atomic E-state index is -4.23. The van der Waals surface area contributed by atoms with Crippen molar-refractivity contribution < 1.29 is 30.2 Å². The first-order valence-corrected chi connectivity index (χ1v) is 4.84. The van der Waals surface area contributed by atoms with Crippen LogP contribution in [-0.2, 0) is 14.3 Å². The molecule has 0 aromatic rings. The average molecular weight is 224 g/mol. The van der Waals surface area contributed by atoms with Gasteiger partial charge in [-0.05, 0) is 0 Å². The minimum absolute atomic E-state index is 0.911. The van der Waals surface area contributed by atoms with Crippen molar-refractivity contribution in [3.63, 3.8) is 0 Å². The van der Waals surface area contributed by atoms with Crippen molar-refractivity contribution >= 4 is 10.1 Å². The molecule has 13 heavy (non-hydrogen) atoms. The molecule has 0 amide bonds. The quantitative estimate of drug-likeness (QED) is 0.503. The van der Waals surface area contributed by atoms with Crippen LogP contribution >= 0.6 is 0 Å². The highest BCUT2D eigenvalue weighted by molar-refractivity contribution is 7.86. The molecule has 0 aromatic carbocycles. The summed E-state index contributed by atoms with van der Waals surface area (Å²) >= 11 is 0. The van der Waals surface area contributed by atoms with Crippen molar-refractivity contribution in [2.24, 2.45) is 0 Å². The Morgan fingerprint density at radius 3 is 2.00 bits per heavy atom. The third kappa shape index (κ3) is 7.97. The summed E-state index contributed by atoms with van der Waals surface area (Å²) in [7, 11) is -4.23. The zero-order chi connectivity index (χ0) is 10.5. The summed E-state index contributed by atoms with van der Waals surface area (Å²) in [6.07, 6.45) is -6.63. The third-order valence-electron chi connectivity index (χ3n) is 0.960. The summed E-state index contributed by atoms with van der Waals surface area (Å²) in [6.45, 7) is -1.29. The van der Waals surface area contributed by atoms with Crippen molar-refractivity contribution in [2.45, 2.75) is 19.3 Å². The molecule has 0 aliphatic heterocycles. The van der Waals surface area contributed by atoms with E-state index in [0.29, 0.717) is 0 Å². The van der Waals surface area contributed by atoms with Gasteiger partial charge in [0.25, 0.3) is 16.5 Å². The highest BCUT2D eigenvalue weighted by Gasteiger charge is 2.17. The summed E-state index contributed by atoms with van der Waals surface area (Å²) in [5.41, 5.74) is 0. The summed E-state index contributed by atoms with van der Waals surface area (Å²) in [4.78, 5) is 0. The van der Waals surface area contributed by atoms with Gasteiger partial charge in [0.05, 0.1) is 5.75 Å². The maximum Gasteiger partial charge on any atom is 0.267 e. The second kappa shape index (κ2) is 5.38. The number of halogens is 4. The largest absolute Gasteiger partial charge is 0.267 e. The molecular weight excluding hydrogens is 216 g/mol. The van der Waals surface area contributed by atoms with Crippen LogP contribution in [0, 0.1) is 0 Å². The topological polar surface area (TPSA) is 43.4 Å². The van der Waals surface area contributed by atoms with Crippen molar-refractivity contribution in [1.82, 2.24) is 0 Å². The van der Waals surface area contributed by atoms with Gasteiger partial charge < -0.3 is 0 Å². The highest BCUT2D eigenvalue weighted by Crippen LogP contribution is 2.05. The van der Waals surface area contributed by atoms with E-state index < -0.39 is 41.7 Å². The fraction of sp³-hybridized carbons (Fsp3) is 1.00. The Morgan fingerprint density at radius 1 is 1.08 bits per heavy atom. The molecule has 0 unspecified atom stereocenters. The van der Waals surface area contributed by atoms with Gasteiger partial charge >= 0.3 is 0 Å². The lowest BCUT2D eigenvalue weighted by molar-refractivity contribution is 0.0840. The molecule has 0 aromatic heterocycles. The molecule has 0 N–H and O–H groups in total. The Bertz CT molecular complexity index is 208. The van der Waals surface area contributed by atoms with E-state index in [2.05, 4.69) is 4.18 Å². The predicted molar refractivity (Wildman–Crippen MR) is 36.4 cm³/mol. The van der Waals surface area contributed by atoms with Gasteiger partial charge in [-0.3, -0.25) is 4.18 Å². The highest BCUT2D eigenvalue weighted by atomic mass is 32.2. The van der Waals surface area contributed by atoms with Gasteiger partial charge in [0.2, 0.25) is 6.43 Å². The van der Waals surface area contributed by atoms with E-state index in [1.165, 1.54) is 0 Å². The van der Waals surface area contributed by atoms with E-state index in [4.69, 9.17) is 0 Å². The molecule has 0 fully saturated rings. The van der Waals surface area contributed by atoms with Gasteiger partial charge in [0, 0.05) is 6.42 Å². The lowest BCUT2D eigenvalue weighted by atomic mass is 10.5. The molecule has 80 valence electrons. The van der Waals surface area contributed by atoms with E-state index in [0.717, 1.165) is 0 Å². The Balaban J connectivity index is 3.81. The molecule has 8 heteroatoms. The first kappa shape index (κ1) is 12.6. The molecule has 0 bridgehead atoms. The Hall–Kier alpha value is -0.370. The molecule has 0 aliphatic carbocycles. The van der Waals surface area contributed by atoms with Crippen LogP contribution in [0.3, 0.4) is 0 Å². The molecule has 3 nitrogen and oxygen atoms in total. The summed E-state index contributed by atoms with van der Waals surface area (Å²) in [5, 5.41) is 0. The van der Waals surface area contributed by atoms with E-state index in [-0.39, 0.29) is 0 Å². The lowest BCUT2D eigenvalue weighted by Gasteiger charge is -2.03. The molecule has 0 saturated carbocycles. The molecule has 0 radical (unpaired) electrons. The fourth-order valence-electron chi connectivity index (χ4n) is 0.447. The van der Waals surface area contributed by atoms with Crippen LogP contribution < -0.4 is 0 Å². The van der Waals surface area contributed by atoms with Gasteiger partial charge in [-0.25, -0.2) is 17.6 Å². The minimum Gasteiger partial charge on any atom is -0.264 e. The van der Waals surface area contributed by atoms with Crippen LogP contribution in [0.15, 0.2) is 0 Å². The first-order valence-electron chi connectivity index (χ1n) is 3.27. The second-order valence-corrected chi connectivity index (χ2v) is 3.88. The normalized spacial score (nSPS) is 12.8. The van der Waals surface area contributed by atoms with Crippen LogP contribution in [0.1, 0.15) is 6.42 Å². The van der Waals surface area contributed by atoms with E-state index >= 15 is 0 Å². The molecule has 0 saturated heterocycles. The monoisotopic (exact) mass is 224 g/mol. The molecular formula is C5H8F4O3S. The van der Waals surface area contributed by atoms with Crippen LogP contribution in [-0.4, -0.2) is 33.6 Å². The maximum absolute atomic E-state index is 11.5. The maximum atomic E-state index is 11.5. The van der Waals surface area contributed by atoms with Gasteiger partial charge in [0.15, 0.2) is 0 Å². The second-order valence-electron chi connectivity index (χ2n) is 2.12. The smallest absolute Gasteiger partial charge is 0.264 e. The van der Waals surface area contributed by atoms with Crippen molar-refractivity contribution in [2.75, 3.05) is 12.4 Å². The molecule has 0 heterocycles. The number of hydrogen-bond acceptors (Lipinski definition) is 3. The summed E-state index contributed by atoms with van der Waals surface area (Å²) < 4.78 is 70.7. The average Bonchev–Trinajstić information content (AvgIpc) is 1.98. The van der Waals surface area contributed by atoms with Crippen molar-refractivity contribution in [3.8, 4) is 0 Å². The Labute approximate surface area is 72.8 Å². The SMILES string of the molecule is O=S(=O)(CCC(F)F)OCC(F)F. The third-order valence-corrected chi connectivity index (χ3v) is 2.19. The molecule has 0 rings (SSSR count). The van der Waals surface area contributed by atoms with Crippen LogP contribution in [0.5, 0.6) is 0 Å². The van der Waals surface area contributed by atoms with E-state index in [1.54, 1.807) is 0 Å². The van der Waals surface area contributed by atoms with Gasteiger partial charge in [-0.15, -0.1) is 0 Å². The van der Waals surface area contributed by atoms with Crippen LogP contribution in [0.4, 0.5) is 17.6 Å². The molecule has 0 aliphatic rings. The van der Waals surface area contributed by atoms with Gasteiger partial charge in [-0.2, -0.15) is 8.42 Å². The fourth-order valence-corrected chi connectivity index (χ4v) is 1.34. The van der Waals surface area contributed by atoms with E-state index in [9.17, 15) is 26.0 Å². The first-order chi connectivity index (χ1) is 5.83. The van der Waals surface area contributed by atoms with Crippen LogP contribution in [0.25, 0.3) is 0 Å². The van der Waals surface area contributed by atoms with Crippen molar-refractivity contribution in [1.29, 1.82) is 0 Å². The Morgan fingerprint density at radius 2 is 1.62 bits per heavy atom. The van der Waals surface area contributed by atoms with Gasteiger partial charge in [-0.1, -0.05) is 0 Å². The Kier molecular flexibility index (Phi) is 5.23.